The van der Waals surface area contributed by atoms with Crippen LogP contribution in [0.4, 0.5) is 0 Å². The van der Waals surface area contributed by atoms with Crippen LogP contribution in [0.2, 0.25) is 0 Å². The molecule has 3 aromatic carbocycles. The van der Waals surface area contributed by atoms with E-state index in [1.165, 1.54) is 4.90 Å². The molecule has 0 saturated carbocycles. The highest BCUT2D eigenvalue weighted by atomic mass is 16.5. The Morgan fingerprint density at radius 1 is 0.923 bits per heavy atom. The normalized spacial score (nSPS) is 21.1. The van der Waals surface area contributed by atoms with E-state index >= 15 is 0 Å². The summed E-state index contributed by atoms with van der Waals surface area (Å²) in [5, 5.41) is 3.22. The fraction of sp³-hybridized carbons (Fsp3) is 0.312. The van der Waals surface area contributed by atoms with E-state index in [4.69, 9.17) is 14.2 Å². The van der Waals surface area contributed by atoms with Gasteiger partial charge >= 0.3 is 0 Å². The van der Waals surface area contributed by atoms with Gasteiger partial charge < -0.3 is 24.4 Å². The van der Waals surface area contributed by atoms with Gasteiger partial charge in [0.2, 0.25) is 5.91 Å². The van der Waals surface area contributed by atoms with Crippen molar-refractivity contribution in [2.45, 2.75) is 44.4 Å². The van der Waals surface area contributed by atoms with Crippen LogP contribution in [0.5, 0.6) is 17.2 Å². The molecule has 7 heteroatoms. The van der Waals surface area contributed by atoms with E-state index in [1.807, 2.05) is 67.6 Å². The number of carbonyl (C=O) groups is 2. The third kappa shape index (κ3) is 6.79. The van der Waals surface area contributed by atoms with Crippen molar-refractivity contribution in [3.8, 4) is 17.2 Å². The number of fused-ring (bicyclic) bond motifs is 1. The number of nitrogens with zero attached hydrogens (tertiary/aromatic N) is 1. The summed E-state index contributed by atoms with van der Waals surface area (Å²) in [5.41, 5.74) is 2.20. The summed E-state index contributed by atoms with van der Waals surface area (Å²) in [6, 6.07) is 21.3. The van der Waals surface area contributed by atoms with Gasteiger partial charge in [0, 0.05) is 31.5 Å². The number of carbonyl (C=O) groups excluding carboxylic acids is 2. The minimum atomic E-state index is -0.760. The number of hydrogen-bond donors (Lipinski definition) is 1. The predicted octanol–water partition coefficient (Wildman–Crippen LogP) is 5.36. The molecule has 1 heterocycles. The van der Waals surface area contributed by atoms with Gasteiger partial charge in [0.25, 0.3) is 5.91 Å². The van der Waals surface area contributed by atoms with Gasteiger partial charge in [-0.15, -0.1) is 0 Å². The molecule has 7 nitrogen and oxygen atoms in total. The number of likely N-dealkylation sites (N-methyl/N-ethyl adjacent to an activating group) is 1. The smallest absolute Gasteiger partial charge is 0.258 e. The van der Waals surface area contributed by atoms with Gasteiger partial charge in [-0.05, 0) is 43.2 Å². The van der Waals surface area contributed by atoms with Crippen LogP contribution in [0.1, 0.15) is 47.3 Å². The number of ether oxygens (including phenoxy) is 3. The summed E-state index contributed by atoms with van der Waals surface area (Å²) in [7, 11) is 4.87. The molecule has 0 aromatic heterocycles. The van der Waals surface area contributed by atoms with Crippen LogP contribution >= 0.6 is 0 Å². The third-order valence-corrected chi connectivity index (χ3v) is 6.95. The highest BCUT2D eigenvalue weighted by Gasteiger charge is 2.31. The number of amides is 2. The number of methoxy groups -OCH3 is 2. The molecule has 4 rings (SSSR count). The SMILES string of the molecule is COc1ccc([C@H]2C/C=C\C[C@H](C)Oc3ccccc3C(=O)N(C)[C@H](Cc3ccccc3)C(=O)N2)c(OC)c1. The summed E-state index contributed by atoms with van der Waals surface area (Å²) >= 11 is 0. The van der Waals surface area contributed by atoms with E-state index in [-0.39, 0.29) is 24.0 Å². The lowest BCUT2D eigenvalue weighted by Gasteiger charge is -2.31. The average Bonchev–Trinajstić information content (AvgIpc) is 2.96. The predicted molar refractivity (Wildman–Crippen MR) is 151 cm³/mol. The number of rotatable bonds is 5. The summed E-state index contributed by atoms with van der Waals surface area (Å²) in [4.78, 5) is 29.3. The van der Waals surface area contributed by atoms with Gasteiger partial charge in [0.05, 0.1) is 31.9 Å². The molecule has 0 fully saturated rings. The molecule has 3 atom stereocenters. The molecule has 3 aromatic rings. The molecule has 2 amide bonds. The Kier molecular flexibility index (Phi) is 9.26. The van der Waals surface area contributed by atoms with Crippen molar-refractivity contribution in [1.82, 2.24) is 10.2 Å². The molecule has 0 bridgehead atoms. The molecule has 39 heavy (non-hydrogen) atoms. The quantitative estimate of drug-likeness (QED) is 0.451. The van der Waals surface area contributed by atoms with Gasteiger partial charge in [-0.3, -0.25) is 9.59 Å². The molecule has 0 unspecified atom stereocenters. The second-order valence-corrected chi connectivity index (χ2v) is 9.66. The maximum atomic E-state index is 14.0. The first-order chi connectivity index (χ1) is 18.9. The van der Waals surface area contributed by atoms with Crippen LogP contribution in [0.25, 0.3) is 0 Å². The highest BCUT2D eigenvalue weighted by Crippen LogP contribution is 2.32. The zero-order valence-corrected chi connectivity index (χ0v) is 22.9. The molecule has 0 aliphatic carbocycles. The lowest BCUT2D eigenvalue weighted by molar-refractivity contribution is -0.126. The zero-order valence-electron chi connectivity index (χ0n) is 22.9. The Morgan fingerprint density at radius 3 is 2.38 bits per heavy atom. The van der Waals surface area contributed by atoms with Gasteiger partial charge in [-0.1, -0.05) is 54.6 Å². The van der Waals surface area contributed by atoms with Crippen LogP contribution in [0.15, 0.2) is 84.9 Å². The van der Waals surface area contributed by atoms with E-state index in [1.54, 1.807) is 45.5 Å². The van der Waals surface area contributed by atoms with Crippen LogP contribution in [0.3, 0.4) is 0 Å². The Labute approximate surface area is 230 Å². The summed E-state index contributed by atoms with van der Waals surface area (Å²) < 4.78 is 17.2. The monoisotopic (exact) mass is 528 g/mol. The maximum absolute atomic E-state index is 14.0. The summed E-state index contributed by atoms with van der Waals surface area (Å²) in [6.45, 7) is 1.98. The fourth-order valence-electron chi connectivity index (χ4n) is 4.74. The number of benzene rings is 3. The number of nitrogens with one attached hydrogen (secondary N) is 1. The minimum Gasteiger partial charge on any atom is -0.497 e. The lowest BCUT2D eigenvalue weighted by Crippen LogP contribution is -2.49. The van der Waals surface area contributed by atoms with Crippen LogP contribution in [0, 0.1) is 0 Å². The van der Waals surface area contributed by atoms with Crippen molar-refractivity contribution in [2.24, 2.45) is 0 Å². The zero-order chi connectivity index (χ0) is 27.8. The second kappa shape index (κ2) is 13.0. The molecule has 1 aliphatic heterocycles. The molecular formula is C32H36N2O5. The third-order valence-electron chi connectivity index (χ3n) is 6.95. The Hall–Kier alpha value is -4.26. The number of para-hydroxylation sites is 1. The molecule has 1 N–H and O–H groups in total. The van der Waals surface area contributed by atoms with Crippen molar-refractivity contribution in [2.75, 3.05) is 21.3 Å². The largest absolute Gasteiger partial charge is 0.497 e. The maximum Gasteiger partial charge on any atom is 0.258 e. The minimum absolute atomic E-state index is 0.146. The van der Waals surface area contributed by atoms with Crippen molar-refractivity contribution in [3.05, 3.63) is 102 Å². The van der Waals surface area contributed by atoms with E-state index in [9.17, 15) is 9.59 Å². The molecule has 0 radical (unpaired) electrons. The van der Waals surface area contributed by atoms with Crippen molar-refractivity contribution in [3.63, 3.8) is 0 Å². The Balaban J connectivity index is 1.76. The van der Waals surface area contributed by atoms with Crippen LogP contribution in [-0.4, -0.2) is 50.1 Å². The van der Waals surface area contributed by atoms with Crippen LogP contribution in [-0.2, 0) is 11.2 Å². The first-order valence-corrected chi connectivity index (χ1v) is 13.1. The summed E-state index contributed by atoms with van der Waals surface area (Å²) in [5.74, 6) is 1.25. The first kappa shape index (κ1) is 27.8. The molecule has 204 valence electrons. The van der Waals surface area contributed by atoms with Crippen LogP contribution < -0.4 is 19.5 Å². The van der Waals surface area contributed by atoms with Gasteiger partial charge in [-0.25, -0.2) is 0 Å². The topological polar surface area (TPSA) is 77.1 Å². The first-order valence-electron chi connectivity index (χ1n) is 13.1. The Morgan fingerprint density at radius 2 is 1.64 bits per heavy atom. The lowest BCUT2D eigenvalue weighted by atomic mass is 9.98. The van der Waals surface area contributed by atoms with E-state index in [2.05, 4.69) is 5.32 Å². The molecule has 1 aliphatic rings. The molecular weight excluding hydrogens is 492 g/mol. The Bertz CT molecular complexity index is 1310. The number of hydrogen-bond acceptors (Lipinski definition) is 5. The average molecular weight is 529 g/mol. The van der Waals surface area contributed by atoms with Gasteiger partial charge in [-0.2, -0.15) is 0 Å². The molecule has 0 spiro atoms. The van der Waals surface area contributed by atoms with E-state index in [0.717, 1.165) is 11.1 Å². The van der Waals surface area contributed by atoms with Crippen molar-refractivity contribution < 1.29 is 23.8 Å². The fourth-order valence-corrected chi connectivity index (χ4v) is 4.74. The highest BCUT2D eigenvalue weighted by molar-refractivity contribution is 5.99. The van der Waals surface area contributed by atoms with E-state index < -0.39 is 6.04 Å². The second-order valence-electron chi connectivity index (χ2n) is 9.66. The van der Waals surface area contributed by atoms with E-state index in [0.29, 0.717) is 42.1 Å². The molecule has 0 saturated heterocycles. The standard InChI is InChI=1S/C32H36N2O5/c1-22-12-8-10-16-27(25-19-18-24(37-3)21-30(25)38-4)33-31(35)28(20-23-13-6-5-7-14-23)34(2)32(36)26-15-9-11-17-29(26)39-22/h5-11,13-15,17-19,21-22,27-28H,12,16,20H2,1-4H3,(H,33,35)/b10-8-/t22-,27+,28+/m0/s1. The van der Waals surface area contributed by atoms with Gasteiger partial charge in [0.15, 0.2) is 0 Å². The van der Waals surface area contributed by atoms with Gasteiger partial charge in [0.1, 0.15) is 23.3 Å². The van der Waals surface area contributed by atoms with Crippen molar-refractivity contribution >= 4 is 11.8 Å². The summed E-state index contributed by atoms with van der Waals surface area (Å²) in [6.07, 6.45) is 5.49. The van der Waals surface area contributed by atoms with Crippen molar-refractivity contribution in [1.29, 1.82) is 0 Å².